The van der Waals surface area contributed by atoms with Crippen molar-refractivity contribution in [2.75, 3.05) is 0 Å². The van der Waals surface area contributed by atoms with Crippen molar-refractivity contribution in [2.45, 2.75) is 13.3 Å². The van der Waals surface area contributed by atoms with Gasteiger partial charge in [-0.15, -0.1) is 0 Å². The van der Waals surface area contributed by atoms with Crippen molar-refractivity contribution in [1.29, 1.82) is 0 Å². The average Bonchev–Trinajstić information content (AvgIpc) is 1.87. The number of rotatable bonds is 4. The second-order valence-electron chi connectivity index (χ2n) is 2.35. The fourth-order valence-electron chi connectivity index (χ4n) is 0.544. The van der Waals surface area contributed by atoms with Crippen LogP contribution in [-0.2, 0) is 9.59 Å². The molecule has 0 fully saturated rings. The van der Waals surface area contributed by atoms with Crippen LogP contribution in [-0.4, -0.2) is 22.2 Å². The molecule has 0 aliphatic rings. The predicted octanol–water partition coefficient (Wildman–Crippen LogP) is 0.738. The van der Waals surface area contributed by atoms with E-state index in [1.807, 2.05) is 0 Å². The van der Waals surface area contributed by atoms with E-state index >= 15 is 0 Å². The minimum Gasteiger partial charge on any atom is -0.481 e. The van der Waals surface area contributed by atoms with Crippen molar-refractivity contribution in [2.24, 2.45) is 5.92 Å². The van der Waals surface area contributed by atoms with Crippen LogP contribution in [0.15, 0.2) is 12.2 Å². The molecule has 1 unspecified atom stereocenters. The lowest BCUT2D eigenvalue weighted by Crippen LogP contribution is -2.12. The Bertz CT molecular complexity index is 195. The Balaban J connectivity index is 3.95. The summed E-state index contributed by atoms with van der Waals surface area (Å²) in [5, 5.41) is 16.7. The quantitative estimate of drug-likeness (QED) is 0.591. The summed E-state index contributed by atoms with van der Waals surface area (Å²) in [6.45, 7) is 4.65. The molecule has 0 aromatic rings. The second kappa shape index (κ2) is 3.75. The molecule has 11 heavy (non-hydrogen) atoms. The molecule has 62 valence electrons. The van der Waals surface area contributed by atoms with Gasteiger partial charge in [0.25, 0.3) is 0 Å². The molecule has 2 N–H and O–H groups in total. The zero-order valence-corrected chi connectivity index (χ0v) is 6.20. The van der Waals surface area contributed by atoms with Gasteiger partial charge in [0, 0.05) is 5.57 Å². The maximum atomic E-state index is 10.2. The van der Waals surface area contributed by atoms with E-state index in [1.165, 1.54) is 6.92 Å². The van der Waals surface area contributed by atoms with Gasteiger partial charge in [-0.25, -0.2) is 4.79 Å². The lowest BCUT2D eigenvalue weighted by molar-refractivity contribution is -0.141. The van der Waals surface area contributed by atoms with E-state index in [9.17, 15) is 9.59 Å². The summed E-state index contributed by atoms with van der Waals surface area (Å²) in [4.78, 5) is 20.4. The highest BCUT2D eigenvalue weighted by Crippen LogP contribution is 2.09. The third-order valence-corrected chi connectivity index (χ3v) is 1.28. The van der Waals surface area contributed by atoms with Crippen molar-refractivity contribution in [1.82, 2.24) is 0 Å². The van der Waals surface area contributed by atoms with Gasteiger partial charge in [0.15, 0.2) is 0 Å². The molecule has 0 aromatic heterocycles. The Labute approximate surface area is 64.2 Å². The van der Waals surface area contributed by atoms with Crippen LogP contribution in [0.5, 0.6) is 0 Å². The molecule has 0 aliphatic heterocycles. The fraction of sp³-hybridized carbons (Fsp3) is 0.429. The van der Waals surface area contributed by atoms with Gasteiger partial charge in [0.1, 0.15) is 0 Å². The predicted molar refractivity (Wildman–Crippen MR) is 38.2 cm³/mol. The average molecular weight is 158 g/mol. The number of hydrogen-bond acceptors (Lipinski definition) is 2. The largest absolute Gasteiger partial charge is 0.481 e. The molecular weight excluding hydrogens is 148 g/mol. The topological polar surface area (TPSA) is 74.6 Å². The Morgan fingerprint density at radius 1 is 1.45 bits per heavy atom. The van der Waals surface area contributed by atoms with Crippen molar-refractivity contribution in [3.8, 4) is 0 Å². The van der Waals surface area contributed by atoms with Crippen molar-refractivity contribution in [3.63, 3.8) is 0 Å². The van der Waals surface area contributed by atoms with Gasteiger partial charge in [-0.3, -0.25) is 4.79 Å². The minimum absolute atomic E-state index is 0.00926. The van der Waals surface area contributed by atoms with Crippen LogP contribution in [0.4, 0.5) is 0 Å². The van der Waals surface area contributed by atoms with Crippen molar-refractivity contribution in [3.05, 3.63) is 12.2 Å². The SMILES string of the molecule is C=C(CC(C)C(=O)O)C(=O)O. The number of carboxylic acids is 2. The zero-order valence-electron chi connectivity index (χ0n) is 6.20. The Morgan fingerprint density at radius 2 is 1.91 bits per heavy atom. The van der Waals surface area contributed by atoms with Crippen LogP contribution in [0.2, 0.25) is 0 Å². The van der Waals surface area contributed by atoms with E-state index in [0.717, 1.165) is 0 Å². The third-order valence-electron chi connectivity index (χ3n) is 1.28. The molecule has 0 spiro atoms. The molecule has 0 radical (unpaired) electrons. The lowest BCUT2D eigenvalue weighted by atomic mass is 10.0. The first kappa shape index (κ1) is 9.68. The molecule has 0 heterocycles. The maximum absolute atomic E-state index is 10.2. The number of carboxylic acid groups (broad SMARTS) is 2. The fourth-order valence-corrected chi connectivity index (χ4v) is 0.544. The molecule has 0 rings (SSSR count). The zero-order chi connectivity index (χ0) is 9.02. The summed E-state index contributed by atoms with van der Waals surface area (Å²) >= 11 is 0. The van der Waals surface area contributed by atoms with Crippen molar-refractivity contribution < 1.29 is 19.8 Å². The van der Waals surface area contributed by atoms with Gasteiger partial charge in [-0.2, -0.15) is 0 Å². The molecule has 0 amide bonds. The maximum Gasteiger partial charge on any atom is 0.330 e. The van der Waals surface area contributed by atoms with Crippen LogP contribution in [0.25, 0.3) is 0 Å². The van der Waals surface area contributed by atoms with Gasteiger partial charge < -0.3 is 10.2 Å². The van der Waals surface area contributed by atoms with Gasteiger partial charge >= 0.3 is 11.9 Å². The first-order valence-electron chi connectivity index (χ1n) is 3.09. The van der Waals surface area contributed by atoms with E-state index in [1.54, 1.807) is 0 Å². The molecular formula is C7H10O4. The summed E-state index contributed by atoms with van der Waals surface area (Å²) in [5.41, 5.74) is -0.0695. The van der Waals surface area contributed by atoms with Crippen LogP contribution in [0.1, 0.15) is 13.3 Å². The molecule has 1 atom stereocenters. The minimum atomic E-state index is -1.14. The normalized spacial score (nSPS) is 12.1. The highest BCUT2D eigenvalue weighted by molar-refractivity contribution is 5.86. The third kappa shape index (κ3) is 3.40. The summed E-state index contributed by atoms with van der Waals surface area (Å²) in [6.07, 6.45) is -0.00926. The molecule has 4 nitrogen and oxygen atoms in total. The second-order valence-corrected chi connectivity index (χ2v) is 2.35. The summed E-state index contributed by atoms with van der Waals surface area (Å²) < 4.78 is 0. The van der Waals surface area contributed by atoms with E-state index in [4.69, 9.17) is 10.2 Å². The summed E-state index contributed by atoms with van der Waals surface area (Å²) in [6, 6.07) is 0. The lowest BCUT2D eigenvalue weighted by Gasteiger charge is -2.03. The smallest absolute Gasteiger partial charge is 0.330 e. The number of aliphatic carboxylic acids is 2. The number of carbonyl (C=O) groups is 2. The standard InChI is InChI=1S/C7H10O4/c1-4(6(8)9)3-5(2)7(10)11/h5H,1,3H2,2H3,(H,8,9)(H,10,11). The van der Waals surface area contributed by atoms with Crippen LogP contribution < -0.4 is 0 Å². The monoisotopic (exact) mass is 158 g/mol. The van der Waals surface area contributed by atoms with E-state index in [2.05, 4.69) is 6.58 Å². The van der Waals surface area contributed by atoms with Gasteiger partial charge in [0.2, 0.25) is 0 Å². The molecule has 0 aromatic carbocycles. The summed E-state index contributed by atoms with van der Waals surface area (Å²) in [5.74, 6) is -2.83. The van der Waals surface area contributed by atoms with Gasteiger partial charge in [-0.05, 0) is 6.42 Å². The molecule has 0 saturated heterocycles. The van der Waals surface area contributed by atoms with Crippen LogP contribution in [0.3, 0.4) is 0 Å². The van der Waals surface area contributed by atoms with Crippen LogP contribution in [0, 0.1) is 5.92 Å². The Kier molecular flexibility index (Phi) is 3.30. The highest BCUT2D eigenvalue weighted by Gasteiger charge is 2.15. The molecule has 4 heteroatoms. The first-order valence-corrected chi connectivity index (χ1v) is 3.09. The van der Waals surface area contributed by atoms with Crippen molar-refractivity contribution >= 4 is 11.9 Å². The highest BCUT2D eigenvalue weighted by atomic mass is 16.4. The van der Waals surface area contributed by atoms with E-state index < -0.39 is 17.9 Å². The molecule has 0 bridgehead atoms. The number of hydrogen-bond donors (Lipinski definition) is 2. The Morgan fingerprint density at radius 3 is 2.18 bits per heavy atom. The van der Waals surface area contributed by atoms with E-state index in [0.29, 0.717) is 0 Å². The molecule has 0 saturated carbocycles. The van der Waals surface area contributed by atoms with Crippen LogP contribution >= 0.6 is 0 Å². The van der Waals surface area contributed by atoms with E-state index in [-0.39, 0.29) is 12.0 Å². The molecule has 0 aliphatic carbocycles. The first-order chi connectivity index (χ1) is 4.95. The Hall–Kier alpha value is -1.32. The summed E-state index contributed by atoms with van der Waals surface area (Å²) in [7, 11) is 0. The van der Waals surface area contributed by atoms with Gasteiger partial charge in [0.05, 0.1) is 5.92 Å². The van der Waals surface area contributed by atoms with Gasteiger partial charge in [-0.1, -0.05) is 13.5 Å².